The summed E-state index contributed by atoms with van der Waals surface area (Å²) >= 11 is 0. The number of nitrogens with one attached hydrogen (secondary N) is 1. The van der Waals surface area contributed by atoms with Crippen molar-refractivity contribution in [1.82, 2.24) is 15.1 Å². The lowest BCUT2D eigenvalue weighted by Crippen LogP contribution is -2.46. The van der Waals surface area contributed by atoms with Crippen LogP contribution < -0.4 is 14.8 Å². The summed E-state index contributed by atoms with van der Waals surface area (Å²) in [5.74, 6) is 0.348. The third kappa shape index (κ3) is 5.59. The first-order valence-electron chi connectivity index (χ1n) is 13.0. The van der Waals surface area contributed by atoms with Crippen molar-refractivity contribution in [2.24, 2.45) is 11.8 Å². The average Bonchev–Trinajstić information content (AvgIpc) is 2.87. The Labute approximate surface area is 218 Å². The van der Waals surface area contributed by atoms with Gasteiger partial charge >= 0.3 is 0 Å². The number of likely N-dealkylation sites (N-methyl/N-ethyl adjacent to an activating group) is 1. The zero-order valence-electron chi connectivity index (χ0n) is 22.4. The van der Waals surface area contributed by atoms with Crippen molar-refractivity contribution in [2.75, 3.05) is 47.4 Å². The van der Waals surface area contributed by atoms with E-state index in [0.717, 1.165) is 26.1 Å². The fourth-order valence-corrected chi connectivity index (χ4v) is 6.03. The maximum atomic E-state index is 15.0. The van der Waals surface area contributed by atoms with E-state index >= 15 is 4.39 Å². The molecule has 2 aliphatic heterocycles. The Balaban J connectivity index is 1.61. The molecular formula is C29H38FN3O4. The summed E-state index contributed by atoms with van der Waals surface area (Å²) in [6.07, 6.45) is 2.07. The number of fused-ring (bicyclic) bond motifs is 1. The molecule has 0 bridgehead atoms. The Morgan fingerprint density at radius 3 is 2.35 bits per heavy atom. The van der Waals surface area contributed by atoms with E-state index < -0.39 is 17.8 Å². The standard InChI is InChI=1S/C29H38FN3O4/c1-18-13-19(2)17-33(16-18)12-8-11-31-28(34)26-21-14-24(36-4)25(37-5)15-22(21)29(35)32(3)27(26)20-9-6-7-10-23(20)30/h6-7,9-10,14-15,18-19,26-27H,8,11-13,16-17H2,1-5H3,(H,31,34)/t18-,19-,26+,27+/m1/s1. The van der Waals surface area contributed by atoms with Crippen LogP contribution in [0.1, 0.15) is 60.1 Å². The molecule has 1 N–H and O–H groups in total. The Morgan fingerprint density at radius 1 is 1.05 bits per heavy atom. The third-order valence-corrected chi connectivity index (χ3v) is 7.58. The van der Waals surface area contributed by atoms with Crippen LogP contribution in [0.3, 0.4) is 0 Å². The molecule has 8 heteroatoms. The summed E-state index contributed by atoms with van der Waals surface area (Å²) < 4.78 is 25.9. The Morgan fingerprint density at radius 2 is 1.70 bits per heavy atom. The van der Waals surface area contributed by atoms with Crippen molar-refractivity contribution in [1.29, 1.82) is 0 Å². The van der Waals surface area contributed by atoms with Crippen molar-refractivity contribution in [3.8, 4) is 11.5 Å². The Bertz CT molecular complexity index is 1130. The van der Waals surface area contributed by atoms with Crippen molar-refractivity contribution in [3.63, 3.8) is 0 Å². The van der Waals surface area contributed by atoms with Crippen LogP contribution in [0.15, 0.2) is 36.4 Å². The summed E-state index contributed by atoms with van der Waals surface area (Å²) in [4.78, 5) is 31.1. The normalized spacial score (nSPS) is 23.9. The maximum absolute atomic E-state index is 15.0. The number of carbonyl (C=O) groups is 2. The van der Waals surface area contributed by atoms with Crippen LogP contribution in [0, 0.1) is 17.7 Å². The predicted molar refractivity (Wildman–Crippen MR) is 141 cm³/mol. The van der Waals surface area contributed by atoms with Gasteiger partial charge in [-0.2, -0.15) is 0 Å². The number of hydrogen-bond donors (Lipinski definition) is 1. The lowest BCUT2D eigenvalue weighted by molar-refractivity contribution is -0.124. The molecule has 0 spiro atoms. The number of nitrogens with zero attached hydrogens (tertiary/aromatic N) is 2. The first-order chi connectivity index (χ1) is 17.7. The number of rotatable bonds is 8. The topological polar surface area (TPSA) is 71.1 Å². The molecule has 2 aromatic rings. The number of piperidine rings is 1. The fraction of sp³-hybridized carbons (Fsp3) is 0.517. The molecule has 2 aromatic carbocycles. The summed E-state index contributed by atoms with van der Waals surface area (Å²) in [6.45, 7) is 8.15. The molecular weight excluding hydrogens is 473 g/mol. The zero-order valence-corrected chi connectivity index (χ0v) is 22.4. The molecule has 0 aliphatic carbocycles. The van der Waals surface area contributed by atoms with Crippen molar-refractivity contribution in [3.05, 3.63) is 58.9 Å². The van der Waals surface area contributed by atoms with Crippen LogP contribution in [-0.4, -0.2) is 69.1 Å². The summed E-state index contributed by atoms with van der Waals surface area (Å²) in [5.41, 5.74) is 1.16. The van der Waals surface area contributed by atoms with Crippen LogP contribution in [-0.2, 0) is 4.79 Å². The van der Waals surface area contributed by atoms with Gasteiger partial charge in [-0.15, -0.1) is 0 Å². The number of benzene rings is 2. The highest BCUT2D eigenvalue weighted by molar-refractivity contribution is 6.02. The molecule has 0 saturated carbocycles. The van der Waals surface area contributed by atoms with E-state index in [-0.39, 0.29) is 11.8 Å². The fourth-order valence-electron chi connectivity index (χ4n) is 6.03. The second-order valence-corrected chi connectivity index (χ2v) is 10.5. The highest BCUT2D eigenvalue weighted by atomic mass is 19.1. The minimum Gasteiger partial charge on any atom is -0.493 e. The molecule has 200 valence electrons. The summed E-state index contributed by atoms with van der Waals surface area (Å²) in [7, 11) is 4.61. The van der Waals surface area contributed by atoms with E-state index in [1.54, 1.807) is 37.4 Å². The van der Waals surface area contributed by atoms with E-state index in [1.165, 1.54) is 31.6 Å². The number of ether oxygens (including phenoxy) is 2. The largest absolute Gasteiger partial charge is 0.493 e. The van der Waals surface area contributed by atoms with E-state index in [4.69, 9.17) is 9.47 Å². The van der Waals surface area contributed by atoms with Crippen LogP contribution in [0.5, 0.6) is 11.5 Å². The van der Waals surface area contributed by atoms with Crippen LogP contribution in [0.25, 0.3) is 0 Å². The van der Waals surface area contributed by atoms with Gasteiger partial charge in [0, 0.05) is 37.8 Å². The molecule has 0 radical (unpaired) electrons. The molecule has 2 heterocycles. The molecule has 0 aromatic heterocycles. The molecule has 1 saturated heterocycles. The Hall–Kier alpha value is -3.13. The molecule has 2 amide bonds. The highest BCUT2D eigenvalue weighted by Gasteiger charge is 2.44. The smallest absolute Gasteiger partial charge is 0.254 e. The first-order valence-corrected chi connectivity index (χ1v) is 13.0. The van der Waals surface area contributed by atoms with E-state index in [9.17, 15) is 9.59 Å². The van der Waals surface area contributed by atoms with E-state index in [0.29, 0.717) is 46.6 Å². The molecule has 4 atom stereocenters. The maximum Gasteiger partial charge on any atom is 0.254 e. The SMILES string of the molecule is COc1cc2c(cc1OC)[C@H](C(=O)NCCCN1C[C@H](C)C[C@@H](C)C1)[C@H](c1ccccc1F)N(C)C2=O. The van der Waals surface area contributed by atoms with Gasteiger partial charge in [-0.1, -0.05) is 32.0 Å². The predicted octanol–water partition coefficient (Wildman–Crippen LogP) is 4.24. The quantitative estimate of drug-likeness (QED) is 0.537. The lowest BCUT2D eigenvalue weighted by atomic mass is 9.79. The van der Waals surface area contributed by atoms with Crippen molar-refractivity contribution < 1.29 is 23.5 Å². The van der Waals surface area contributed by atoms with Gasteiger partial charge in [0.05, 0.1) is 26.2 Å². The first kappa shape index (κ1) is 26.9. The molecule has 7 nitrogen and oxygen atoms in total. The van der Waals surface area contributed by atoms with Gasteiger partial charge in [-0.25, -0.2) is 4.39 Å². The van der Waals surface area contributed by atoms with Gasteiger partial charge in [0.2, 0.25) is 5.91 Å². The number of halogens is 1. The lowest BCUT2D eigenvalue weighted by Gasteiger charge is -2.40. The van der Waals surface area contributed by atoms with Gasteiger partial charge in [-0.3, -0.25) is 9.59 Å². The monoisotopic (exact) mass is 511 g/mol. The summed E-state index contributed by atoms with van der Waals surface area (Å²) in [5, 5.41) is 3.08. The van der Waals surface area contributed by atoms with Gasteiger partial charge in [0.25, 0.3) is 5.91 Å². The van der Waals surface area contributed by atoms with E-state index in [2.05, 4.69) is 24.1 Å². The van der Waals surface area contributed by atoms with Crippen LogP contribution >= 0.6 is 0 Å². The molecule has 4 rings (SSSR count). The number of amides is 2. The average molecular weight is 512 g/mol. The minimum atomic E-state index is -0.815. The Kier molecular flexibility index (Phi) is 8.37. The molecule has 37 heavy (non-hydrogen) atoms. The summed E-state index contributed by atoms with van der Waals surface area (Å²) in [6, 6.07) is 8.78. The number of carbonyl (C=O) groups excluding carboxylic acids is 2. The van der Waals surface area contributed by atoms with Crippen molar-refractivity contribution >= 4 is 11.8 Å². The zero-order chi connectivity index (χ0) is 26.7. The molecule has 2 aliphatic rings. The second-order valence-electron chi connectivity index (χ2n) is 10.5. The van der Waals surface area contributed by atoms with E-state index in [1.807, 2.05) is 0 Å². The molecule has 1 fully saturated rings. The van der Waals surface area contributed by atoms with Gasteiger partial charge in [-0.05, 0) is 55.0 Å². The highest BCUT2D eigenvalue weighted by Crippen LogP contribution is 2.46. The number of methoxy groups -OCH3 is 2. The number of likely N-dealkylation sites (tertiary alicyclic amines) is 1. The minimum absolute atomic E-state index is 0.249. The van der Waals surface area contributed by atoms with Gasteiger partial charge in [0.1, 0.15) is 5.82 Å². The number of hydrogen-bond acceptors (Lipinski definition) is 5. The van der Waals surface area contributed by atoms with Gasteiger partial charge < -0.3 is 24.6 Å². The van der Waals surface area contributed by atoms with Crippen molar-refractivity contribution in [2.45, 2.75) is 38.6 Å². The van der Waals surface area contributed by atoms with Crippen LogP contribution in [0.2, 0.25) is 0 Å². The molecule has 0 unspecified atom stereocenters. The van der Waals surface area contributed by atoms with Crippen LogP contribution in [0.4, 0.5) is 4.39 Å². The second kappa shape index (κ2) is 11.5. The third-order valence-electron chi connectivity index (χ3n) is 7.58. The van der Waals surface area contributed by atoms with Gasteiger partial charge in [0.15, 0.2) is 11.5 Å².